The Hall–Kier alpha value is -2.09. The van der Waals surface area contributed by atoms with Gasteiger partial charge in [-0.3, -0.25) is 14.7 Å². The Morgan fingerprint density at radius 2 is 2.04 bits per heavy atom. The van der Waals surface area contributed by atoms with Crippen LogP contribution in [-0.2, 0) is 6.54 Å². The lowest BCUT2D eigenvalue weighted by molar-refractivity contribution is 0.0989. The third-order valence-electron chi connectivity index (χ3n) is 3.93. The van der Waals surface area contributed by atoms with E-state index in [4.69, 9.17) is 4.98 Å². The summed E-state index contributed by atoms with van der Waals surface area (Å²) in [6, 6.07) is 13.7. The van der Waals surface area contributed by atoms with E-state index in [9.17, 15) is 4.79 Å². The van der Waals surface area contributed by atoms with Crippen molar-refractivity contribution in [3.05, 3.63) is 74.6 Å². The van der Waals surface area contributed by atoms with Crippen molar-refractivity contribution in [2.75, 3.05) is 4.90 Å². The first kappa shape index (κ1) is 17.3. The molecule has 3 aromatic heterocycles. The molecule has 3 heterocycles. The first-order valence-corrected chi connectivity index (χ1v) is 10.4. The number of carbonyl (C=O) groups is 1. The molecule has 0 aliphatic rings. The lowest BCUT2D eigenvalue weighted by Gasteiger charge is -2.19. The van der Waals surface area contributed by atoms with E-state index in [-0.39, 0.29) is 5.91 Å². The van der Waals surface area contributed by atoms with E-state index in [1.54, 1.807) is 17.3 Å². The second kappa shape index (κ2) is 7.26. The number of halogens is 1. The van der Waals surface area contributed by atoms with Crippen LogP contribution in [0.3, 0.4) is 0 Å². The minimum absolute atomic E-state index is 0.0544. The van der Waals surface area contributed by atoms with Crippen LogP contribution in [0.25, 0.3) is 10.2 Å². The number of thiophene rings is 1. The molecule has 0 saturated carbocycles. The number of rotatable bonds is 4. The summed E-state index contributed by atoms with van der Waals surface area (Å²) in [5, 5.41) is 0.702. The molecule has 4 aromatic rings. The highest BCUT2D eigenvalue weighted by molar-refractivity contribution is 9.11. The standard InChI is InChI=1S/C19H14BrN3OS2/c1-12-4-2-6-14-17(12)22-19(26-14)23(11-13-5-3-9-21-10-13)18(24)15-7-8-16(20)25-15/h2-10H,11H2,1H3. The van der Waals surface area contributed by atoms with Crippen LogP contribution in [0.4, 0.5) is 5.13 Å². The normalized spacial score (nSPS) is 11.0. The van der Waals surface area contributed by atoms with E-state index in [1.165, 1.54) is 22.7 Å². The van der Waals surface area contributed by atoms with Gasteiger partial charge in [0.2, 0.25) is 0 Å². The summed E-state index contributed by atoms with van der Waals surface area (Å²) in [6.45, 7) is 2.47. The highest BCUT2D eigenvalue weighted by Crippen LogP contribution is 2.33. The molecule has 1 aromatic carbocycles. The fourth-order valence-electron chi connectivity index (χ4n) is 2.65. The van der Waals surface area contributed by atoms with Gasteiger partial charge < -0.3 is 0 Å². The van der Waals surface area contributed by atoms with Gasteiger partial charge in [-0.15, -0.1) is 11.3 Å². The largest absolute Gasteiger partial charge is 0.279 e. The topological polar surface area (TPSA) is 46.1 Å². The number of pyridine rings is 1. The number of hydrogen-bond acceptors (Lipinski definition) is 5. The molecular weight excluding hydrogens is 430 g/mol. The Balaban J connectivity index is 1.78. The van der Waals surface area contributed by atoms with Crippen molar-refractivity contribution in [1.82, 2.24) is 9.97 Å². The number of hydrogen-bond donors (Lipinski definition) is 0. The minimum atomic E-state index is -0.0544. The lowest BCUT2D eigenvalue weighted by Crippen LogP contribution is -2.29. The summed E-state index contributed by atoms with van der Waals surface area (Å²) in [6.07, 6.45) is 3.51. The minimum Gasteiger partial charge on any atom is -0.279 e. The van der Waals surface area contributed by atoms with Gasteiger partial charge in [0.25, 0.3) is 5.91 Å². The molecular formula is C19H14BrN3OS2. The second-order valence-electron chi connectivity index (χ2n) is 5.77. The molecule has 0 radical (unpaired) electrons. The summed E-state index contributed by atoms with van der Waals surface area (Å²) in [5.41, 5.74) is 3.02. The molecule has 130 valence electrons. The molecule has 4 nitrogen and oxygen atoms in total. The number of benzene rings is 1. The van der Waals surface area contributed by atoms with Crippen LogP contribution in [0.15, 0.2) is 58.6 Å². The smallest absolute Gasteiger partial charge is 0.270 e. The van der Waals surface area contributed by atoms with Crippen LogP contribution < -0.4 is 4.90 Å². The number of aryl methyl sites for hydroxylation is 1. The highest BCUT2D eigenvalue weighted by atomic mass is 79.9. The predicted octanol–water partition coefficient (Wildman–Crippen LogP) is 5.67. The van der Waals surface area contributed by atoms with Gasteiger partial charge in [-0.05, 0) is 58.2 Å². The van der Waals surface area contributed by atoms with Crippen molar-refractivity contribution in [2.45, 2.75) is 13.5 Å². The van der Waals surface area contributed by atoms with E-state index in [1.807, 2.05) is 49.4 Å². The van der Waals surface area contributed by atoms with Crippen molar-refractivity contribution in [2.24, 2.45) is 0 Å². The number of nitrogens with zero attached hydrogens (tertiary/aromatic N) is 3. The molecule has 0 N–H and O–H groups in total. The number of thiazole rings is 1. The van der Waals surface area contributed by atoms with E-state index in [0.29, 0.717) is 16.6 Å². The zero-order chi connectivity index (χ0) is 18.1. The van der Waals surface area contributed by atoms with E-state index >= 15 is 0 Å². The molecule has 0 bridgehead atoms. The molecule has 0 atom stereocenters. The summed E-state index contributed by atoms with van der Waals surface area (Å²) in [4.78, 5) is 24.5. The Morgan fingerprint density at radius 1 is 1.15 bits per heavy atom. The van der Waals surface area contributed by atoms with Crippen molar-refractivity contribution in [1.29, 1.82) is 0 Å². The quantitative estimate of drug-likeness (QED) is 0.408. The van der Waals surface area contributed by atoms with Crippen LogP contribution in [0.1, 0.15) is 20.8 Å². The maximum Gasteiger partial charge on any atom is 0.270 e. The van der Waals surface area contributed by atoms with Crippen LogP contribution in [0, 0.1) is 6.92 Å². The third kappa shape index (κ3) is 3.42. The average Bonchev–Trinajstić information content (AvgIpc) is 3.27. The van der Waals surface area contributed by atoms with Crippen LogP contribution in [0.5, 0.6) is 0 Å². The Kier molecular flexibility index (Phi) is 4.84. The molecule has 1 amide bonds. The zero-order valence-electron chi connectivity index (χ0n) is 13.8. The first-order chi connectivity index (χ1) is 12.6. The van der Waals surface area contributed by atoms with Gasteiger partial charge in [-0.2, -0.15) is 0 Å². The summed E-state index contributed by atoms with van der Waals surface area (Å²) >= 11 is 6.40. The fourth-order valence-corrected chi connectivity index (χ4v) is 5.03. The van der Waals surface area contributed by atoms with Gasteiger partial charge in [-0.25, -0.2) is 4.98 Å². The zero-order valence-corrected chi connectivity index (χ0v) is 17.1. The van der Waals surface area contributed by atoms with Gasteiger partial charge in [0, 0.05) is 12.4 Å². The van der Waals surface area contributed by atoms with Crippen LogP contribution >= 0.6 is 38.6 Å². The molecule has 26 heavy (non-hydrogen) atoms. The Bertz CT molecular complexity index is 1070. The summed E-state index contributed by atoms with van der Waals surface area (Å²) < 4.78 is 2.01. The van der Waals surface area contributed by atoms with Crippen molar-refractivity contribution < 1.29 is 4.79 Å². The Morgan fingerprint density at radius 3 is 2.73 bits per heavy atom. The second-order valence-corrected chi connectivity index (χ2v) is 9.25. The van der Waals surface area contributed by atoms with E-state index in [0.717, 1.165) is 25.1 Å². The molecule has 0 saturated heterocycles. The summed E-state index contributed by atoms with van der Waals surface area (Å²) in [7, 11) is 0. The van der Waals surface area contributed by atoms with Crippen molar-refractivity contribution in [3.8, 4) is 0 Å². The van der Waals surface area contributed by atoms with Crippen molar-refractivity contribution in [3.63, 3.8) is 0 Å². The SMILES string of the molecule is Cc1cccc2sc(N(Cc3cccnc3)C(=O)c3ccc(Br)s3)nc12. The van der Waals surface area contributed by atoms with Crippen molar-refractivity contribution >= 4 is 59.9 Å². The molecule has 4 rings (SSSR count). The number of carbonyl (C=O) groups excluding carboxylic acids is 1. The highest BCUT2D eigenvalue weighted by Gasteiger charge is 2.23. The number of anilines is 1. The molecule has 0 aliphatic heterocycles. The van der Waals surface area contributed by atoms with Gasteiger partial charge in [0.15, 0.2) is 5.13 Å². The Labute approximate surface area is 167 Å². The van der Waals surface area contributed by atoms with Gasteiger partial charge in [0.05, 0.1) is 25.4 Å². The number of fused-ring (bicyclic) bond motifs is 1. The maximum atomic E-state index is 13.2. The van der Waals surface area contributed by atoms with E-state index in [2.05, 4.69) is 20.9 Å². The number of para-hydroxylation sites is 1. The molecule has 0 aliphatic carbocycles. The molecule has 0 spiro atoms. The van der Waals surface area contributed by atoms with Gasteiger partial charge in [-0.1, -0.05) is 29.5 Å². The fraction of sp³-hybridized carbons (Fsp3) is 0.105. The number of aromatic nitrogens is 2. The maximum absolute atomic E-state index is 13.2. The summed E-state index contributed by atoms with van der Waals surface area (Å²) in [5.74, 6) is -0.0544. The van der Waals surface area contributed by atoms with Crippen LogP contribution in [0.2, 0.25) is 0 Å². The van der Waals surface area contributed by atoms with Crippen LogP contribution in [-0.4, -0.2) is 15.9 Å². The molecule has 0 fully saturated rings. The monoisotopic (exact) mass is 443 g/mol. The van der Waals surface area contributed by atoms with Gasteiger partial charge in [0.1, 0.15) is 0 Å². The third-order valence-corrected chi connectivity index (χ3v) is 6.59. The number of amides is 1. The van der Waals surface area contributed by atoms with E-state index < -0.39 is 0 Å². The van der Waals surface area contributed by atoms with Gasteiger partial charge >= 0.3 is 0 Å². The first-order valence-electron chi connectivity index (χ1n) is 7.94. The predicted molar refractivity (Wildman–Crippen MR) is 111 cm³/mol. The molecule has 0 unspecified atom stereocenters. The average molecular weight is 444 g/mol. The lowest BCUT2D eigenvalue weighted by atomic mass is 10.2. The molecule has 7 heteroatoms.